The molecule has 20 heavy (non-hydrogen) atoms. The highest BCUT2D eigenvalue weighted by molar-refractivity contribution is 5.66. The number of H-pyrrole nitrogens is 1. The summed E-state index contributed by atoms with van der Waals surface area (Å²) in [7, 11) is 0. The van der Waals surface area contributed by atoms with Crippen molar-refractivity contribution < 1.29 is 13.2 Å². The zero-order valence-electron chi connectivity index (χ0n) is 11.2. The highest BCUT2D eigenvalue weighted by Crippen LogP contribution is 2.36. The summed E-state index contributed by atoms with van der Waals surface area (Å²) in [6, 6.07) is 1.96. The Morgan fingerprint density at radius 1 is 1.15 bits per heavy atom. The Morgan fingerprint density at radius 2 is 1.80 bits per heavy atom. The summed E-state index contributed by atoms with van der Waals surface area (Å²) in [5.74, 6) is -3.87. The molecule has 1 aliphatic rings. The van der Waals surface area contributed by atoms with Crippen LogP contribution in [0.1, 0.15) is 25.1 Å². The average molecular weight is 281 g/mol. The second kappa shape index (κ2) is 4.34. The Balaban J connectivity index is 2.20. The predicted octanol–water partition coefficient (Wildman–Crippen LogP) is 2.87. The van der Waals surface area contributed by atoms with E-state index in [1.807, 2.05) is 13.8 Å². The van der Waals surface area contributed by atoms with Gasteiger partial charge in [0.1, 0.15) is 0 Å². The number of hydrogen-bond donors (Lipinski definition) is 2. The van der Waals surface area contributed by atoms with Gasteiger partial charge in [-0.1, -0.05) is 13.8 Å². The molecule has 0 amide bonds. The lowest BCUT2D eigenvalue weighted by Gasteiger charge is -2.31. The van der Waals surface area contributed by atoms with E-state index in [1.165, 1.54) is 0 Å². The molecule has 0 bridgehead atoms. The molecule has 0 saturated heterocycles. The summed E-state index contributed by atoms with van der Waals surface area (Å²) in [6.07, 6.45) is 0. The fraction of sp³-hybridized carbons (Fsp3) is 0.357. The third-order valence-electron chi connectivity index (χ3n) is 3.64. The van der Waals surface area contributed by atoms with Gasteiger partial charge in [-0.2, -0.15) is 5.10 Å². The number of fused-ring (bicyclic) bond motifs is 1. The maximum Gasteiger partial charge on any atom is 0.194 e. The minimum atomic E-state index is -1.46. The van der Waals surface area contributed by atoms with Gasteiger partial charge in [-0.3, -0.25) is 5.10 Å². The number of aromatic amines is 1. The number of aromatic nitrogens is 2. The van der Waals surface area contributed by atoms with Gasteiger partial charge in [0.05, 0.1) is 11.4 Å². The number of halogens is 3. The average Bonchev–Trinajstić information content (AvgIpc) is 2.80. The number of nitrogens with one attached hydrogen (secondary N) is 2. The first kappa shape index (κ1) is 13.2. The standard InChI is InChI=1S/C14H14F3N3/c1-14(2)6-18-5-10-11(14)13(20-19-10)7-3-8(15)12(17)9(16)4-7/h3-4,18H,5-6H2,1-2H3,(H,19,20). The second-order valence-electron chi connectivity index (χ2n) is 5.67. The molecule has 3 nitrogen and oxygen atoms in total. The third kappa shape index (κ3) is 1.91. The first-order valence-corrected chi connectivity index (χ1v) is 6.33. The molecule has 0 spiro atoms. The molecule has 0 aliphatic carbocycles. The fourth-order valence-electron chi connectivity index (χ4n) is 2.72. The van der Waals surface area contributed by atoms with Crippen molar-refractivity contribution in [2.45, 2.75) is 25.8 Å². The Morgan fingerprint density at radius 3 is 2.45 bits per heavy atom. The highest BCUT2D eigenvalue weighted by Gasteiger charge is 2.33. The summed E-state index contributed by atoms with van der Waals surface area (Å²) < 4.78 is 39.8. The van der Waals surface area contributed by atoms with Gasteiger partial charge in [-0.15, -0.1) is 0 Å². The summed E-state index contributed by atoms with van der Waals surface area (Å²) >= 11 is 0. The summed E-state index contributed by atoms with van der Waals surface area (Å²) in [6.45, 7) is 5.40. The van der Waals surface area contributed by atoms with Crippen LogP contribution < -0.4 is 5.32 Å². The van der Waals surface area contributed by atoms with Crippen molar-refractivity contribution in [1.29, 1.82) is 0 Å². The molecule has 0 atom stereocenters. The van der Waals surface area contributed by atoms with Crippen molar-refractivity contribution >= 4 is 0 Å². The van der Waals surface area contributed by atoms with Gasteiger partial charge in [0.25, 0.3) is 0 Å². The van der Waals surface area contributed by atoms with Gasteiger partial charge in [0.15, 0.2) is 17.5 Å². The van der Waals surface area contributed by atoms with Crippen LogP contribution in [0, 0.1) is 17.5 Å². The highest BCUT2D eigenvalue weighted by atomic mass is 19.2. The quantitative estimate of drug-likeness (QED) is 0.789. The first-order valence-electron chi connectivity index (χ1n) is 6.33. The van der Waals surface area contributed by atoms with Gasteiger partial charge < -0.3 is 5.32 Å². The molecule has 0 fully saturated rings. The molecule has 0 unspecified atom stereocenters. The molecule has 2 heterocycles. The molecular formula is C14H14F3N3. The zero-order valence-corrected chi connectivity index (χ0v) is 11.2. The molecule has 1 aromatic heterocycles. The van der Waals surface area contributed by atoms with Crippen LogP contribution >= 0.6 is 0 Å². The van der Waals surface area contributed by atoms with E-state index in [0.29, 0.717) is 12.2 Å². The first-order chi connectivity index (χ1) is 9.40. The Labute approximate surface area is 114 Å². The molecule has 2 N–H and O–H groups in total. The largest absolute Gasteiger partial charge is 0.310 e. The Hall–Kier alpha value is -1.82. The molecule has 0 saturated carbocycles. The SMILES string of the molecule is CC1(C)CNCc2[nH]nc(-c3cc(F)c(F)c(F)c3)c21. The number of benzene rings is 1. The van der Waals surface area contributed by atoms with Crippen LogP contribution in [0.25, 0.3) is 11.3 Å². The molecule has 1 aromatic carbocycles. The zero-order chi connectivity index (χ0) is 14.5. The van der Waals surface area contributed by atoms with Crippen LogP contribution in [0.15, 0.2) is 12.1 Å². The molecule has 0 radical (unpaired) electrons. The lowest BCUT2D eigenvalue weighted by atomic mass is 9.79. The molecule has 6 heteroatoms. The van der Waals surface area contributed by atoms with Gasteiger partial charge >= 0.3 is 0 Å². The van der Waals surface area contributed by atoms with Crippen molar-refractivity contribution in [3.63, 3.8) is 0 Å². The lowest BCUT2D eigenvalue weighted by Crippen LogP contribution is -2.38. The minimum absolute atomic E-state index is 0.225. The summed E-state index contributed by atoms with van der Waals surface area (Å²) in [5, 5.41) is 10.3. The summed E-state index contributed by atoms with van der Waals surface area (Å²) in [4.78, 5) is 0. The smallest absolute Gasteiger partial charge is 0.194 e. The van der Waals surface area contributed by atoms with Crippen LogP contribution in [0.3, 0.4) is 0 Å². The van der Waals surface area contributed by atoms with E-state index in [4.69, 9.17) is 0 Å². The maximum absolute atomic E-state index is 13.4. The molecular weight excluding hydrogens is 267 g/mol. The van der Waals surface area contributed by atoms with Gasteiger partial charge in [0.2, 0.25) is 0 Å². The van der Waals surface area contributed by atoms with E-state index in [9.17, 15) is 13.2 Å². The van der Waals surface area contributed by atoms with E-state index >= 15 is 0 Å². The van der Waals surface area contributed by atoms with Crippen LogP contribution in [0.4, 0.5) is 13.2 Å². The van der Waals surface area contributed by atoms with Crippen LogP contribution in [-0.2, 0) is 12.0 Å². The van der Waals surface area contributed by atoms with Crippen molar-refractivity contribution in [1.82, 2.24) is 15.5 Å². The molecule has 2 aromatic rings. The Bertz CT molecular complexity index is 653. The normalized spacial score (nSPS) is 17.1. The van der Waals surface area contributed by atoms with Crippen molar-refractivity contribution in [2.75, 3.05) is 6.54 Å². The minimum Gasteiger partial charge on any atom is -0.310 e. The summed E-state index contributed by atoms with van der Waals surface area (Å²) in [5.41, 5.74) is 2.30. The monoisotopic (exact) mass is 281 g/mol. The van der Waals surface area contributed by atoms with Crippen LogP contribution in [0.5, 0.6) is 0 Å². The number of rotatable bonds is 1. The van der Waals surface area contributed by atoms with Crippen molar-refractivity contribution in [2.24, 2.45) is 0 Å². The molecule has 3 rings (SSSR count). The second-order valence-corrected chi connectivity index (χ2v) is 5.67. The topological polar surface area (TPSA) is 40.7 Å². The van der Waals surface area contributed by atoms with Gasteiger partial charge in [0, 0.05) is 29.6 Å². The fourth-order valence-corrected chi connectivity index (χ4v) is 2.72. The van der Waals surface area contributed by atoms with E-state index in [2.05, 4.69) is 15.5 Å². The Kier molecular flexibility index (Phi) is 2.86. The van der Waals surface area contributed by atoms with Gasteiger partial charge in [-0.25, -0.2) is 13.2 Å². The predicted molar refractivity (Wildman–Crippen MR) is 68.6 cm³/mol. The van der Waals surface area contributed by atoms with Gasteiger partial charge in [-0.05, 0) is 12.1 Å². The van der Waals surface area contributed by atoms with Crippen molar-refractivity contribution in [3.05, 3.63) is 40.8 Å². The van der Waals surface area contributed by atoms with E-state index in [-0.39, 0.29) is 11.0 Å². The molecule has 1 aliphatic heterocycles. The third-order valence-corrected chi connectivity index (χ3v) is 3.64. The maximum atomic E-state index is 13.4. The number of hydrogen-bond acceptors (Lipinski definition) is 2. The van der Waals surface area contributed by atoms with Crippen LogP contribution in [0.2, 0.25) is 0 Å². The lowest BCUT2D eigenvalue weighted by molar-refractivity contribution is 0.433. The van der Waals surface area contributed by atoms with E-state index in [1.54, 1.807) is 0 Å². The van der Waals surface area contributed by atoms with Crippen molar-refractivity contribution in [3.8, 4) is 11.3 Å². The van der Waals surface area contributed by atoms with E-state index in [0.717, 1.165) is 29.9 Å². The molecule has 106 valence electrons. The van der Waals surface area contributed by atoms with Crippen LogP contribution in [-0.4, -0.2) is 16.7 Å². The number of nitrogens with zero attached hydrogens (tertiary/aromatic N) is 1. The van der Waals surface area contributed by atoms with E-state index < -0.39 is 17.5 Å².